The van der Waals surface area contributed by atoms with Crippen molar-refractivity contribution in [3.8, 4) is 0 Å². The molecule has 4 heteroatoms. The van der Waals surface area contributed by atoms with Crippen molar-refractivity contribution in [1.29, 1.82) is 0 Å². The fourth-order valence-corrected chi connectivity index (χ4v) is 3.76. The zero-order valence-electron chi connectivity index (χ0n) is 12.4. The Hall–Kier alpha value is -1.65. The predicted molar refractivity (Wildman–Crippen MR) is 94.2 cm³/mol. The third-order valence-corrected chi connectivity index (χ3v) is 4.94. The van der Waals surface area contributed by atoms with E-state index in [0.29, 0.717) is 0 Å². The Bertz CT molecular complexity index is 609. The van der Waals surface area contributed by atoms with Crippen LogP contribution in [0.4, 0.5) is 0 Å². The Labute approximate surface area is 140 Å². The SMILES string of the molecule is COC(=O)/C=C(/CCSc1ccccc1)Sc1ccccc1. The van der Waals surface area contributed by atoms with Crippen LogP contribution in [0, 0.1) is 0 Å². The zero-order chi connectivity index (χ0) is 15.6. The number of ether oxygens (including phenoxy) is 1. The number of carbonyl (C=O) groups is 1. The molecule has 114 valence electrons. The van der Waals surface area contributed by atoms with Crippen LogP contribution in [-0.4, -0.2) is 18.8 Å². The maximum absolute atomic E-state index is 11.5. The van der Waals surface area contributed by atoms with E-state index in [1.54, 1.807) is 29.6 Å². The average Bonchev–Trinajstić information content (AvgIpc) is 2.56. The summed E-state index contributed by atoms with van der Waals surface area (Å²) in [6.07, 6.45) is 2.41. The summed E-state index contributed by atoms with van der Waals surface area (Å²) in [6, 6.07) is 20.3. The van der Waals surface area contributed by atoms with Gasteiger partial charge in [-0.2, -0.15) is 0 Å². The van der Waals surface area contributed by atoms with Crippen LogP contribution in [-0.2, 0) is 9.53 Å². The molecular weight excluding hydrogens is 312 g/mol. The lowest BCUT2D eigenvalue weighted by atomic mass is 10.4. The van der Waals surface area contributed by atoms with Crippen LogP contribution in [0.2, 0.25) is 0 Å². The van der Waals surface area contributed by atoms with E-state index in [2.05, 4.69) is 12.1 Å². The Morgan fingerprint density at radius 1 is 1.00 bits per heavy atom. The van der Waals surface area contributed by atoms with Crippen molar-refractivity contribution in [3.63, 3.8) is 0 Å². The second kappa shape index (κ2) is 9.38. The molecule has 0 aromatic heterocycles. The van der Waals surface area contributed by atoms with E-state index in [-0.39, 0.29) is 5.97 Å². The van der Waals surface area contributed by atoms with Crippen LogP contribution in [0.5, 0.6) is 0 Å². The number of hydrogen-bond donors (Lipinski definition) is 0. The van der Waals surface area contributed by atoms with Gasteiger partial charge in [-0.15, -0.1) is 11.8 Å². The molecule has 0 aliphatic carbocycles. The third kappa shape index (κ3) is 6.00. The molecule has 0 heterocycles. The van der Waals surface area contributed by atoms with Crippen LogP contribution in [0.15, 0.2) is 81.4 Å². The number of rotatable bonds is 7. The molecule has 2 nitrogen and oxygen atoms in total. The second-order valence-electron chi connectivity index (χ2n) is 4.46. The highest BCUT2D eigenvalue weighted by atomic mass is 32.2. The van der Waals surface area contributed by atoms with Crippen LogP contribution < -0.4 is 0 Å². The van der Waals surface area contributed by atoms with Gasteiger partial charge in [0.05, 0.1) is 7.11 Å². The molecule has 0 saturated carbocycles. The van der Waals surface area contributed by atoms with Crippen LogP contribution in [0.25, 0.3) is 0 Å². The lowest BCUT2D eigenvalue weighted by Crippen LogP contribution is -1.97. The molecule has 0 fully saturated rings. The summed E-state index contributed by atoms with van der Waals surface area (Å²) in [4.78, 5) is 14.9. The predicted octanol–water partition coefficient (Wildman–Crippen LogP) is 5.02. The first kappa shape index (κ1) is 16.7. The van der Waals surface area contributed by atoms with Crippen molar-refractivity contribution >= 4 is 29.5 Å². The summed E-state index contributed by atoms with van der Waals surface area (Å²) in [6.45, 7) is 0. The highest BCUT2D eigenvalue weighted by molar-refractivity contribution is 8.03. The van der Waals surface area contributed by atoms with Crippen molar-refractivity contribution in [2.45, 2.75) is 16.2 Å². The smallest absolute Gasteiger partial charge is 0.331 e. The Kier molecular flexibility index (Phi) is 7.13. The van der Waals surface area contributed by atoms with E-state index < -0.39 is 0 Å². The molecule has 22 heavy (non-hydrogen) atoms. The van der Waals surface area contributed by atoms with Crippen molar-refractivity contribution in [2.75, 3.05) is 12.9 Å². The lowest BCUT2D eigenvalue weighted by Gasteiger charge is -2.07. The molecule has 0 N–H and O–H groups in total. The molecule has 0 unspecified atom stereocenters. The number of allylic oxidation sites excluding steroid dienone is 1. The van der Waals surface area contributed by atoms with E-state index in [4.69, 9.17) is 4.74 Å². The highest BCUT2D eigenvalue weighted by Gasteiger charge is 2.05. The van der Waals surface area contributed by atoms with E-state index >= 15 is 0 Å². The number of hydrogen-bond acceptors (Lipinski definition) is 4. The Morgan fingerprint density at radius 3 is 2.18 bits per heavy atom. The maximum Gasteiger partial charge on any atom is 0.331 e. The van der Waals surface area contributed by atoms with E-state index in [1.807, 2.05) is 48.5 Å². The molecule has 0 spiro atoms. The summed E-state index contributed by atoms with van der Waals surface area (Å²) in [5.41, 5.74) is 0. The lowest BCUT2D eigenvalue weighted by molar-refractivity contribution is -0.134. The molecule has 0 atom stereocenters. The Morgan fingerprint density at radius 2 is 1.59 bits per heavy atom. The summed E-state index contributed by atoms with van der Waals surface area (Å²) < 4.78 is 4.75. The highest BCUT2D eigenvalue weighted by Crippen LogP contribution is 2.31. The first-order valence-electron chi connectivity index (χ1n) is 6.97. The molecule has 0 amide bonds. The topological polar surface area (TPSA) is 26.3 Å². The van der Waals surface area contributed by atoms with Gasteiger partial charge in [0.2, 0.25) is 0 Å². The normalized spacial score (nSPS) is 11.2. The molecule has 0 aliphatic heterocycles. The van der Waals surface area contributed by atoms with Gasteiger partial charge >= 0.3 is 5.97 Å². The monoisotopic (exact) mass is 330 g/mol. The molecular formula is C18H18O2S2. The Balaban J connectivity index is 1.96. The van der Waals surface area contributed by atoms with Crippen LogP contribution >= 0.6 is 23.5 Å². The maximum atomic E-state index is 11.5. The molecule has 0 aliphatic rings. The van der Waals surface area contributed by atoms with E-state index in [0.717, 1.165) is 22.0 Å². The minimum Gasteiger partial charge on any atom is -0.466 e. The minimum absolute atomic E-state index is 0.303. The summed E-state index contributed by atoms with van der Waals surface area (Å²) >= 11 is 3.40. The van der Waals surface area contributed by atoms with Gasteiger partial charge in [-0.25, -0.2) is 4.79 Å². The molecule has 0 radical (unpaired) electrons. The number of carbonyl (C=O) groups excluding carboxylic acids is 1. The summed E-state index contributed by atoms with van der Waals surface area (Å²) in [5, 5.41) is 0. The standard InChI is InChI=1S/C18H18O2S2/c1-20-18(19)14-17(22-16-10-6-3-7-11-16)12-13-21-15-8-4-2-5-9-15/h2-11,14H,12-13H2,1H3/b17-14-. The number of esters is 1. The van der Waals surface area contributed by atoms with Crippen LogP contribution in [0.3, 0.4) is 0 Å². The number of thioether (sulfide) groups is 2. The number of methoxy groups -OCH3 is 1. The van der Waals surface area contributed by atoms with E-state index in [1.165, 1.54) is 12.0 Å². The largest absolute Gasteiger partial charge is 0.466 e. The third-order valence-electron chi connectivity index (χ3n) is 2.83. The second-order valence-corrected chi connectivity index (χ2v) is 6.83. The summed E-state index contributed by atoms with van der Waals surface area (Å²) in [5.74, 6) is 0.621. The molecule has 0 saturated heterocycles. The van der Waals surface area contributed by atoms with Gasteiger partial charge in [0.1, 0.15) is 0 Å². The molecule has 0 bridgehead atoms. The van der Waals surface area contributed by atoms with E-state index in [9.17, 15) is 4.79 Å². The van der Waals surface area contributed by atoms with Gasteiger partial charge in [-0.05, 0) is 35.6 Å². The first-order valence-corrected chi connectivity index (χ1v) is 8.77. The quantitative estimate of drug-likeness (QED) is 0.404. The van der Waals surface area contributed by atoms with Crippen molar-refractivity contribution in [1.82, 2.24) is 0 Å². The van der Waals surface area contributed by atoms with Gasteiger partial charge in [0.25, 0.3) is 0 Å². The van der Waals surface area contributed by atoms with Crippen molar-refractivity contribution in [2.24, 2.45) is 0 Å². The van der Waals surface area contributed by atoms with Gasteiger partial charge in [0, 0.05) is 21.6 Å². The van der Waals surface area contributed by atoms with Crippen LogP contribution in [0.1, 0.15) is 6.42 Å². The molecule has 2 aromatic rings. The van der Waals surface area contributed by atoms with Crippen molar-refractivity contribution in [3.05, 3.63) is 71.6 Å². The van der Waals surface area contributed by atoms with Gasteiger partial charge in [0.15, 0.2) is 0 Å². The average molecular weight is 330 g/mol. The van der Waals surface area contributed by atoms with Gasteiger partial charge < -0.3 is 4.74 Å². The fourth-order valence-electron chi connectivity index (χ4n) is 1.77. The molecule has 2 aromatic carbocycles. The van der Waals surface area contributed by atoms with Gasteiger partial charge in [-0.3, -0.25) is 0 Å². The molecule has 2 rings (SSSR count). The van der Waals surface area contributed by atoms with Gasteiger partial charge in [-0.1, -0.05) is 48.2 Å². The minimum atomic E-state index is -0.303. The first-order chi connectivity index (χ1) is 10.8. The number of benzene rings is 2. The van der Waals surface area contributed by atoms with Crippen molar-refractivity contribution < 1.29 is 9.53 Å². The summed E-state index contributed by atoms with van der Waals surface area (Å²) in [7, 11) is 1.41. The zero-order valence-corrected chi connectivity index (χ0v) is 14.0. The fraction of sp³-hybridized carbons (Fsp3) is 0.167.